The Bertz CT molecular complexity index is 494. The average molecular weight is 258 g/mol. The van der Waals surface area contributed by atoms with Crippen LogP contribution in [0.15, 0.2) is 30.5 Å². The lowest BCUT2D eigenvalue weighted by atomic mass is 9.89. The molecule has 1 unspecified atom stereocenters. The number of benzene rings is 1. The van der Waals surface area contributed by atoms with Crippen molar-refractivity contribution < 1.29 is 4.79 Å². The molecule has 2 rings (SSSR count). The summed E-state index contributed by atoms with van der Waals surface area (Å²) < 4.78 is 0. The first-order valence-electron chi connectivity index (χ1n) is 6.91. The number of urea groups is 1. The highest BCUT2D eigenvalue weighted by Crippen LogP contribution is 2.24. The third kappa shape index (κ3) is 3.60. The molecule has 1 aliphatic carbocycles. The number of hydrogen-bond acceptors (Lipinski definition) is 1. The molecule has 3 nitrogen and oxygen atoms in total. The molecule has 0 saturated carbocycles. The number of nitrogens with one attached hydrogen (secondary N) is 2. The van der Waals surface area contributed by atoms with Crippen LogP contribution >= 0.6 is 0 Å². The van der Waals surface area contributed by atoms with E-state index in [-0.39, 0.29) is 12.1 Å². The fraction of sp³-hybridized carbons (Fsp3) is 0.438. The Hall–Kier alpha value is -1.77. The second-order valence-electron chi connectivity index (χ2n) is 5.34. The van der Waals surface area contributed by atoms with Crippen LogP contribution in [0.4, 0.5) is 4.79 Å². The summed E-state index contributed by atoms with van der Waals surface area (Å²) in [5.41, 5.74) is 4.72. The molecular formula is C16H22N2O. The standard InChI is InChI=1S/C16H22N2O/c1-11(2)17-16(19)18-12(3)14-9-8-13-6-4-5-7-15(13)10-14/h8-10,12H,1,4-7H2,2-3H3,(H2,17,18,19). The maximum absolute atomic E-state index is 11.6. The Morgan fingerprint density at radius 3 is 2.63 bits per heavy atom. The van der Waals surface area contributed by atoms with Crippen molar-refractivity contribution in [2.75, 3.05) is 0 Å². The predicted molar refractivity (Wildman–Crippen MR) is 78.0 cm³/mol. The van der Waals surface area contributed by atoms with Crippen molar-refractivity contribution in [2.45, 2.75) is 45.6 Å². The summed E-state index contributed by atoms with van der Waals surface area (Å²) in [5, 5.41) is 5.58. The lowest BCUT2D eigenvalue weighted by Gasteiger charge is -2.20. The molecule has 102 valence electrons. The van der Waals surface area contributed by atoms with Crippen LogP contribution in [-0.4, -0.2) is 6.03 Å². The zero-order valence-corrected chi connectivity index (χ0v) is 11.8. The van der Waals surface area contributed by atoms with Gasteiger partial charge in [-0.15, -0.1) is 0 Å². The lowest BCUT2D eigenvalue weighted by Crippen LogP contribution is -2.35. The first-order valence-corrected chi connectivity index (χ1v) is 6.91. The second kappa shape index (κ2) is 5.91. The number of carbonyl (C=O) groups is 1. The van der Waals surface area contributed by atoms with E-state index in [4.69, 9.17) is 0 Å². The quantitative estimate of drug-likeness (QED) is 0.856. The van der Waals surface area contributed by atoms with E-state index in [2.05, 4.69) is 35.4 Å². The molecule has 0 aliphatic heterocycles. The molecule has 0 heterocycles. The van der Waals surface area contributed by atoms with Gasteiger partial charge in [0.1, 0.15) is 0 Å². The van der Waals surface area contributed by atoms with Crippen molar-refractivity contribution >= 4 is 6.03 Å². The van der Waals surface area contributed by atoms with Crippen LogP contribution in [0.25, 0.3) is 0 Å². The summed E-state index contributed by atoms with van der Waals surface area (Å²) in [6, 6.07) is 6.37. The van der Waals surface area contributed by atoms with Crippen molar-refractivity contribution in [3.8, 4) is 0 Å². The molecule has 1 aliphatic rings. The first-order chi connectivity index (χ1) is 9.06. The normalized spacial score (nSPS) is 15.3. The van der Waals surface area contributed by atoms with Gasteiger partial charge in [0.2, 0.25) is 0 Å². The fourth-order valence-corrected chi connectivity index (χ4v) is 2.53. The molecule has 0 fully saturated rings. The minimum absolute atomic E-state index is 0.00609. The van der Waals surface area contributed by atoms with Crippen molar-refractivity contribution in [1.29, 1.82) is 0 Å². The van der Waals surface area contributed by atoms with Gasteiger partial charge < -0.3 is 10.6 Å². The van der Waals surface area contributed by atoms with Crippen molar-refractivity contribution in [2.24, 2.45) is 0 Å². The van der Waals surface area contributed by atoms with E-state index >= 15 is 0 Å². The van der Waals surface area contributed by atoms with Gasteiger partial charge in [0.05, 0.1) is 6.04 Å². The Labute approximate surface area is 115 Å². The van der Waals surface area contributed by atoms with Gasteiger partial charge >= 0.3 is 6.03 Å². The Balaban J connectivity index is 2.04. The van der Waals surface area contributed by atoms with Crippen LogP contribution in [0.1, 0.15) is 49.4 Å². The molecular weight excluding hydrogens is 236 g/mol. The van der Waals surface area contributed by atoms with Crippen LogP contribution in [0.3, 0.4) is 0 Å². The Morgan fingerprint density at radius 1 is 1.26 bits per heavy atom. The number of fused-ring (bicyclic) bond motifs is 1. The largest absolute Gasteiger partial charge is 0.331 e. The predicted octanol–water partition coefficient (Wildman–Crippen LogP) is 3.46. The van der Waals surface area contributed by atoms with Gasteiger partial charge in [-0.25, -0.2) is 4.79 Å². The minimum Gasteiger partial charge on any atom is -0.331 e. The highest BCUT2D eigenvalue weighted by atomic mass is 16.2. The van der Waals surface area contributed by atoms with Crippen LogP contribution < -0.4 is 10.6 Å². The summed E-state index contributed by atoms with van der Waals surface area (Å²) in [5.74, 6) is 0. The summed E-state index contributed by atoms with van der Waals surface area (Å²) >= 11 is 0. The van der Waals surface area contributed by atoms with E-state index in [1.165, 1.54) is 30.4 Å². The monoisotopic (exact) mass is 258 g/mol. The van der Waals surface area contributed by atoms with Crippen molar-refractivity contribution in [3.63, 3.8) is 0 Å². The molecule has 2 N–H and O–H groups in total. The van der Waals surface area contributed by atoms with Gasteiger partial charge in [0.15, 0.2) is 0 Å². The number of allylic oxidation sites excluding steroid dienone is 1. The maximum Gasteiger partial charge on any atom is 0.319 e. The number of amides is 2. The van der Waals surface area contributed by atoms with E-state index < -0.39 is 0 Å². The van der Waals surface area contributed by atoms with E-state index in [0.29, 0.717) is 5.70 Å². The van der Waals surface area contributed by atoms with E-state index in [0.717, 1.165) is 12.0 Å². The smallest absolute Gasteiger partial charge is 0.319 e. The van der Waals surface area contributed by atoms with Crippen molar-refractivity contribution in [1.82, 2.24) is 10.6 Å². The van der Waals surface area contributed by atoms with E-state index in [1.54, 1.807) is 6.92 Å². The zero-order chi connectivity index (χ0) is 13.8. The molecule has 19 heavy (non-hydrogen) atoms. The van der Waals surface area contributed by atoms with Crippen LogP contribution in [0.2, 0.25) is 0 Å². The zero-order valence-electron chi connectivity index (χ0n) is 11.8. The van der Waals surface area contributed by atoms with Crippen LogP contribution in [0.5, 0.6) is 0 Å². The minimum atomic E-state index is -0.197. The highest BCUT2D eigenvalue weighted by Gasteiger charge is 2.13. The molecule has 0 saturated heterocycles. The Kier molecular flexibility index (Phi) is 4.25. The van der Waals surface area contributed by atoms with Gasteiger partial charge in [0.25, 0.3) is 0 Å². The van der Waals surface area contributed by atoms with E-state index in [9.17, 15) is 4.79 Å². The van der Waals surface area contributed by atoms with E-state index in [1.807, 2.05) is 6.92 Å². The van der Waals surface area contributed by atoms with Crippen LogP contribution in [-0.2, 0) is 12.8 Å². The molecule has 2 amide bonds. The molecule has 1 aromatic carbocycles. The summed E-state index contributed by atoms with van der Waals surface area (Å²) in [4.78, 5) is 11.6. The molecule has 0 spiro atoms. The summed E-state index contributed by atoms with van der Waals surface area (Å²) in [6.45, 7) is 7.43. The third-order valence-electron chi connectivity index (χ3n) is 3.55. The molecule has 1 atom stereocenters. The topological polar surface area (TPSA) is 41.1 Å². The molecule has 0 bridgehead atoms. The van der Waals surface area contributed by atoms with Gasteiger partial charge in [0, 0.05) is 5.70 Å². The number of aryl methyl sites for hydroxylation is 2. The average Bonchev–Trinajstić information content (AvgIpc) is 2.37. The SMILES string of the molecule is C=C(C)NC(=O)NC(C)c1ccc2c(c1)CCCC2. The third-order valence-corrected chi connectivity index (χ3v) is 3.55. The summed E-state index contributed by atoms with van der Waals surface area (Å²) in [7, 11) is 0. The highest BCUT2D eigenvalue weighted by molar-refractivity contribution is 5.76. The van der Waals surface area contributed by atoms with Crippen molar-refractivity contribution in [3.05, 3.63) is 47.2 Å². The molecule has 1 aromatic rings. The lowest BCUT2D eigenvalue weighted by molar-refractivity contribution is 0.240. The second-order valence-corrected chi connectivity index (χ2v) is 5.34. The molecule has 0 radical (unpaired) electrons. The number of hydrogen-bond donors (Lipinski definition) is 2. The first kappa shape index (κ1) is 13.7. The maximum atomic E-state index is 11.6. The van der Waals surface area contributed by atoms with Gasteiger partial charge in [-0.05, 0) is 56.2 Å². The van der Waals surface area contributed by atoms with Crippen LogP contribution in [0, 0.1) is 0 Å². The summed E-state index contributed by atoms with van der Waals surface area (Å²) in [6.07, 6.45) is 4.91. The molecule has 0 aromatic heterocycles. The number of carbonyl (C=O) groups excluding carboxylic acids is 1. The fourth-order valence-electron chi connectivity index (χ4n) is 2.53. The molecule has 3 heteroatoms. The van der Waals surface area contributed by atoms with Gasteiger partial charge in [-0.2, -0.15) is 0 Å². The Morgan fingerprint density at radius 2 is 1.95 bits per heavy atom. The number of rotatable bonds is 3. The van der Waals surface area contributed by atoms with Gasteiger partial charge in [-0.1, -0.05) is 24.8 Å². The van der Waals surface area contributed by atoms with Gasteiger partial charge in [-0.3, -0.25) is 0 Å².